The lowest BCUT2D eigenvalue weighted by atomic mass is 10.1. The SMILES string of the molecule is CCNc1nc(Nc2ccc(F)c(F)c2)cc(-c2cccc(OC(F)(F)F)c2)n1. The van der Waals surface area contributed by atoms with Gasteiger partial charge in [0, 0.05) is 29.9 Å². The number of aromatic nitrogens is 2. The van der Waals surface area contributed by atoms with Gasteiger partial charge in [0.25, 0.3) is 0 Å². The molecule has 0 amide bonds. The summed E-state index contributed by atoms with van der Waals surface area (Å²) < 4.78 is 67.9. The smallest absolute Gasteiger partial charge is 0.406 e. The van der Waals surface area contributed by atoms with Crippen LogP contribution in [0.5, 0.6) is 5.75 Å². The molecule has 2 aromatic carbocycles. The predicted molar refractivity (Wildman–Crippen MR) is 98.0 cm³/mol. The van der Waals surface area contributed by atoms with Gasteiger partial charge in [0.05, 0.1) is 5.69 Å². The predicted octanol–water partition coefficient (Wildman–Crippen LogP) is 5.50. The largest absolute Gasteiger partial charge is 0.573 e. The van der Waals surface area contributed by atoms with Crippen LogP contribution in [0.3, 0.4) is 0 Å². The Morgan fingerprint density at radius 3 is 2.45 bits per heavy atom. The van der Waals surface area contributed by atoms with Crippen LogP contribution in [-0.2, 0) is 0 Å². The zero-order valence-corrected chi connectivity index (χ0v) is 15.0. The number of hydrogen-bond acceptors (Lipinski definition) is 5. The molecule has 3 rings (SSSR count). The van der Waals surface area contributed by atoms with Crippen molar-refractivity contribution in [1.82, 2.24) is 9.97 Å². The summed E-state index contributed by atoms with van der Waals surface area (Å²) in [6, 6.07) is 10.0. The van der Waals surface area contributed by atoms with E-state index in [2.05, 4.69) is 25.3 Å². The van der Waals surface area contributed by atoms with E-state index in [0.29, 0.717) is 17.8 Å². The maximum Gasteiger partial charge on any atom is 0.573 e. The molecule has 152 valence electrons. The highest BCUT2D eigenvalue weighted by Gasteiger charge is 2.31. The highest BCUT2D eigenvalue weighted by molar-refractivity contribution is 5.68. The van der Waals surface area contributed by atoms with Crippen LogP contribution in [-0.4, -0.2) is 22.9 Å². The summed E-state index contributed by atoms with van der Waals surface area (Å²) in [5.41, 5.74) is 0.889. The Hall–Kier alpha value is -3.43. The first-order valence-corrected chi connectivity index (χ1v) is 8.44. The van der Waals surface area contributed by atoms with E-state index in [1.807, 2.05) is 6.92 Å². The molecule has 3 aromatic rings. The Morgan fingerprint density at radius 1 is 0.966 bits per heavy atom. The molecule has 0 unspecified atom stereocenters. The third-order valence-corrected chi connectivity index (χ3v) is 3.62. The molecule has 0 aliphatic heterocycles. The Balaban J connectivity index is 1.96. The van der Waals surface area contributed by atoms with Gasteiger partial charge >= 0.3 is 6.36 Å². The minimum Gasteiger partial charge on any atom is -0.406 e. The Bertz CT molecular complexity index is 1010. The van der Waals surface area contributed by atoms with Crippen molar-refractivity contribution >= 4 is 17.5 Å². The molecule has 0 aliphatic carbocycles. The van der Waals surface area contributed by atoms with E-state index < -0.39 is 23.7 Å². The Labute approximate surface area is 162 Å². The lowest BCUT2D eigenvalue weighted by Gasteiger charge is -2.12. The second-order valence-corrected chi connectivity index (χ2v) is 5.82. The van der Waals surface area contributed by atoms with Crippen LogP contribution in [0.4, 0.5) is 39.4 Å². The molecule has 1 heterocycles. The van der Waals surface area contributed by atoms with Crippen molar-refractivity contribution in [3.63, 3.8) is 0 Å². The number of rotatable bonds is 6. The zero-order valence-electron chi connectivity index (χ0n) is 15.0. The van der Waals surface area contributed by atoms with Gasteiger partial charge < -0.3 is 15.4 Å². The minimum atomic E-state index is -4.82. The van der Waals surface area contributed by atoms with Crippen molar-refractivity contribution in [3.8, 4) is 17.0 Å². The van der Waals surface area contributed by atoms with Gasteiger partial charge in [-0.15, -0.1) is 13.2 Å². The van der Waals surface area contributed by atoms with Crippen LogP contribution in [0.2, 0.25) is 0 Å². The van der Waals surface area contributed by atoms with E-state index in [9.17, 15) is 22.0 Å². The van der Waals surface area contributed by atoms with Crippen LogP contribution in [0.1, 0.15) is 6.92 Å². The fourth-order valence-corrected chi connectivity index (χ4v) is 2.47. The third-order valence-electron chi connectivity index (χ3n) is 3.62. The molecule has 0 spiro atoms. The fraction of sp³-hybridized carbons (Fsp3) is 0.158. The van der Waals surface area contributed by atoms with E-state index in [-0.39, 0.29) is 17.5 Å². The van der Waals surface area contributed by atoms with Gasteiger partial charge in [-0.05, 0) is 31.2 Å². The molecular weight excluding hydrogens is 395 g/mol. The van der Waals surface area contributed by atoms with Gasteiger partial charge in [-0.2, -0.15) is 4.98 Å². The number of hydrogen-bond donors (Lipinski definition) is 2. The average Bonchev–Trinajstić information content (AvgIpc) is 2.64. The second-order valence-electron chi connectivity index (χ2n) is 5.82. The summed E-state index contributed by atoms with van der Waals surface area (Å²) in [7, 11) is 0. The van der Waals surface area contributed by atoms with Gasteiger partial charge in [0.15, 0.2) is 11.6 Å². The molecular formula is C19H15F5N4O. The number of anilines is 3. The van der Waals surface area contributed by atoms with E-state index in [0.717, 1.165) is 12.1 Å². The number of alkyl halides is 3. The molecule has 5 nitrogen and oxygen atoms in total. The lowest BCUT2D eigenvalue weighted by Crippen LogP contribution is -2.17. The molecule has 10 heteroatoms. The van der Waals surface area contributed by atoms with Crippen molar-refractivity contribution in [1.29, 1.82) is 0 Å². The zero-order chi connectivity index (χ0) is 21.0. The molecule has 0 radical (unpaired) electrons. The summed E-state index contributed by atoms with van der Waals surface area (Å²) >= 11 is 0. The van der Waals surface area contributed by atoms with Crippen molar-refractivity contribution in [2.75, 3.05) is 17.2 Å². The topological polar surface area (TPSA) is 59.1 Å². The van der Waals surface area contributed by atoms with Gasteiger partial charge in [0.2, 0.25) is 5.95 Å². The van der Waals surface area contributed by atoms with Gasteiger partial charge in [-0.1, -0.05) is 12.1 Å². The standard InChI is InChI=1S/C19H15F5N4O/c1-2-25-18-27-16(11-4-3-5-13(8-11)29-19(22,23)24)10-17(28-18)26-12-6-7-14(20)15(21)9-12/h3-10H,2H2,1H3,(H2,25,26,27,28). The molecule has 0 fully saturated rings. The van der Waals surface area contributed by atoms with Crippen molar-refractivity contribution < 1.29 is 26.7 Å². The molecule has 0 aliphatic rings. The van der Waals surface area contributed by atoms with Gasteiger partial charge in [0.1, 0.15) is 11.6 Å². The van der Waals surface area contributed by atoms with Crippen LogP contribution < -0.4 is 15.4 Å². The van der Waals surface area contributed by atoms with E-state index in [1.165, 1.54) is 30.3 Å². The second kappa shape index (κ2) is 8.29. The van der Waals surface area contributed by atoms with E-state index >= 15 is 0 Å². The molecule has 2 N–H and O–H groups in total. The first kappa shape index (κ1) is 20.3. The van der Waals surface area contributed by atoms with Crippen molar-refractivity contribution in [2.45, 2.75) is 13.3 Å². The minimum absolute atomic E-state index is 0.206. The Kier molecular flexibility index (Phi) is 5.81. The number of benzene rings is 2. The van der Waals surface area contributed by atoms with Crippen LogP contribution in [0.25, 0.3) is 11.3 Å². The number of nitrogens with one attached hydrogen (secondary N) is 2. The Morgan fingerprint density at radius 2 is 1.76 bits per heavy atom. The molecule has 1 aromatic heterocycles. The first-order chi connectivity index (χ1) is 13.7. The summed E-state index contributed by atoms with van der Waals surface area (Å²) in [4.78, 5) is 8.49. The molecule has 29 heavy (non-hydrogen) atoms. The number of halogens is 5. The van der Waals surface area contributed by atoms with Crippen molar-refractivity contribution in [3.05, 3.63) is 60.2 Å². The average molecular weight is 410 g/mol. The summed E-state index contributed by atoms with van der Waals surface area (Å²) in [6.45, 7) is 2.31. The summed E-state index contributed by atoms with van der Waals surface area (Å²) in [5.74, 6) is -1.98. The maximum atomic E-state index is 13.4. The van der Waals surface area contributed by atoms with Crippen LogP contribution >= 0.6 is 0 Å². The van der Waals surface area contributed by atoms with Gasteiger partial charge in [-0.3, -0.25) is 0 Å². The molecule has 0 atom stereocenters. The summed E-state index contributed by atoms with van der Waals surface area (Å²) in [5, 5.41) is 5.73. The fourth-order valence-electron chi connectivity index (χ4n) is 2.47. The first-order valence-electron chi connectivity index (χ1n) is 8.44. The number of nitrogens with zero attached hydrogens (tertiary/aromatic N) is 2. The van der Waals surface area contributed by atoms with Crippen LogP contribution in [0, 0.1) is 11.6 Å². The lowest BCUT2D eigenvalue weighted by molar-refractivity contribution is -0.274. The summed E-state index contributed by atoms with van der Waals surface area (Å²) in [6.07, 6.45) is -4.82. The highest BCUT2D eigenvalue weighted by Crippen LogP contribution is 2.29. The van der Waals surface area contributed by atoms with Crippen molar-refractivity contribution in [2.24, 2.45) is 0 Å². The molecule has 0 bridgehead atoms. The molecule has 0 saturated carbocycles. The van der Waals surface area contributed by atoms with E-state index in [4.69, 9.17) is 0 Å². The van der Waals surface area contributed by atoms with E-state index in [1.54, 1.807) is 6.07 Å². The molecule has 0 saturated heterocycles. The normalized spacial score (nSPS) is 11.2. The number of ether oxygens (including phenoxy) is 1. The third kappa shape index (κ3) is 5.53. The monoisotopic (exact) mass is 410 g/mol. The maximum absolute atomic E-state index is 13.4. The van der Waals surface area contributed by atoms with Gasteiger partial charge in [-0.25, -0.2) is 13.8 Å². The quantitative estimate of drug-likeness (QED) is 0.526. The highest BCUT2D eigenvalue weighted by atomic mass is 19.4. The van der Waals surface area contributed by atoms with Crippen LogP contribution in [0.15, 0.2) is 48.5 Å².